The van der Waals surface area contributed by atoms with Gasteiger partial charge in [0.25, 0.3) is 5.56 Å². The van der Waals surface area contributed by atoms with Crippen molar-refractivity contribution in [3.8, 4) is 16.9 Å². The molecule has 2 aromatic carbocycles. The van der Waals surface area contributed by atoms with Crippen LogP contribution in [0.3, 0.4) is 0 Å². The molecular weight excluding hydrogens is 324 g/mol. The molecule has 0 radical (unpaired) electrons. The average molecular weight is 342 g/mol. The van der Waals surface area contributed by atoms with Gasteiger partial charge in [-0.05, 0) is 25.0 Å². The van der Waals surface area contributed by atoms with E-state index in [4.69, 9.17) is 4.98 Å². The molecule has 4 aromatic rings. The van der Waals surface area contributed by atoms with Gasteiger partial charge in [-0.3, -0.25) is 4.79 Å². The van der Waals surface area contributed by atoms with E-state index >= 15 is 0 Å². The van der Waals surface area contributed by atoms with Crippen molar-refractivity contribution in [2.45, 2.75) is 12.8 Å². The summed E-state index contributed by atoms with van der Waals surface area (Å²) >= 11 is 0. The van der Waals surface area contributed by atoms with Gasteiger partial charge in [0.2, 0.25) is 0 Å². The van der Waals surface area contributed by atoms with E-state index in [0.29, 0.717) is 10.9 Å². The SMILES string of the molecule is O=c1/c(=C2/CCCN2)c2nc(-c3ccccc3)cn2n1-c1ccccc1. The van der Waals surface area contributed by atoms with E-state index in [1.165, 1.54) is 0 Å². The summed E-state index contributed by atoms with van der Waals surface area (Å²) in [6.07, 6.45) is 3.87. The lowest BCUT2D eigenvalue weighted by Crippen LogP contribution is -2.32. The summed E-state index contributed by atoms with van der Waals surface area (Å²) in [5.74, 6) is 0. The van der Waals surface area contributed by atoms with Gasteiger partial charge in [-0.1, -0.05) is 48.5 Å². The van der Waals surface area contributed by atoms with Crippen LogP contribution in [0.2, 0.25) is 0 Å². The fourth-order valence-corrected chi connectivity index (χ4v) is 3.62. The van der Waals surface area contributed by atoms with E-state index in [1.54, 1.807) is 4.68 Å². The molecule has 1 saturated heterocycles. The van der Waals surface area contributed by atoms with Gasteiger partial charge in [-0.2, -0.15) is 0 Å². The standard InChI is InChI=1S/C21H18N4O/c26-21-19(17-12-7-13-22-17)20-23-18(15-8-3-1-4-9-15)14-24(20)25(21)16-10-5-2-6-11-16/h1-6,8-11,14,22H,7,12-13H2/b19-17-. The summed E-state index contributed by atoms with van der Waals surface area (Å²) < 4.78 is 3.58. The Morgan fingerprint density at radius 2 is 1.69 bits per heavy atom. The van der Waals surface area contributed by atoms with Crippen molar-refractivity contribution in [2.24, 2.45) is 0 Å². The largest absolute Gasteiger partial charge is 0.388 e. The minimum absolute atomic E-state index is 0.0253. The monoisotopic (exact) mass is 342 g/mol. The maximum absolute atomic E-state index is 13.2. The number of rotatable bonds is 2. The van der Waals surface area contributed by atoms with E-state index in [-0.39, 0.29) is 5.56 Å². The predicted octanol–water partition coefficient (Wildman–Crippen LogP) is 2.36. The fourth-order valence-electron chi connectivity index (χ4n) is 3.62. The van der Waals surface area contributed by atoms with E-state index in [0.717, 1.165) is 42.0 Å². The van der Waals surface area contributed by atoms with Crippen molar-refractivity contribution in [1.82, 2.24) is 19.5 Å². The molecule has 0 atom stereocenters. The Morgan fingerprint density at radius 1 is 0.962 bits per heavy atom. The number of hydrogen-bond acceptors (Lipinski definition) is 3. The number of imidazole rings is 1. The van der Waals surface area contributed by atoms with Crippen LogP contribution >= 0.6 is 0 Å². The Balaban J connectivity index is 1.87. The first kappa shape index (κ1) is 15.0. The molecule has 1 aliphatic rings. The van der Waals surface area contributed by atoms with Crippen LogP contribution in [0.4, 0.5) is 0 Å². The van der Waals surface area contributed by atoms with Crippen LogP contribution in [-0.2, 0) is 0 Å². The van der Waals surface area contributed by atoms with Gasteiger partial charge in [0.05, 0.1) is 17.6 Å². The lowest BCUT2D eigenvalue weighted by molar-refractivity contribution is 0.778. The molecular formula is C21H18N4O. The van der Waals surface area contributed by atoms with Crippen molar-refractivity contribution in [2.75, 3.05) is 6.54 Å². The first-order chi connectivity index (χ1) is 12.8. The molecule has 0 unspecified atom stereocenters. The molecule has 5 rings (SSSR count). The third kappa shape index (κ3) is 2.24. The minimum atomic E-state index is -0.0253. The van der Waals surface area contributed by atoms with E-state index in [9.17, 15) is 4.79 Å². The Kier molecular flexibility index (Phi) is 3.38. The summed E-state index contributed by atoms with van der Waals surface area (Å²) in [5.41, 5.74) is 4.43. The van der Waals surface area contributed by atoms with Crippen LogP contribution in [0.15, 0.2) is 71.7 Å². The summed E-state index contributed by atoms with van der Waals surface area (Å²) in [4.78, 5) is 18.0. The van der Waals surface area contributed by atoms with E-state index in [2.05, 4.69) is 5.32 Å². The van der Waals surface area contributed by atoms with Crippen molar-refractivity contribution in [1.29, 1.82) is 0 Å². The van der Waals surface area contributed by atoms with Crippen LogP contribution in [0.5, 0.6) is 0 Å². The summed E-state index contributed by atoms with van der Waals surface area (Å²) in [6.45, 7) is 0.906. The number of nitrogens with one attached hydrogen (secondary N) is 1. The Bertz CT molecular complexity index is 1180. The predicted molar refractivity (Wildman–Crippen MR) is 102 cm³/mol. The molecule has 5 nitrogen and oxygen atoms in total. The molecule has 2 aromatic heterocycles. The fraction of sp³-hybridized carbons (Fsp3) is 0.143. The molecule has 26 heavy (non-hydrogen) atoms. The Morgan fingerprint density at radius 3 is 2.38 bits per heavy atom. The van der Waals surface area contributed by atoms with Crippen molar-refractivity contribution >= 4 is 11.3 Å². The first-order valence-corrected chi connectivity index (χ1v) is 8.85. The van der Waals surface area contributed by atoms with Gasteiger partial charge < -0.3 is 5.32 Å². The zero-order valence-electron chi connectivity index (χ0n) is 14.2. The molecule has 1 aliphatic heterocycles. The van der Waals surface area contributed by atoms with Crippen LogP contribution in [0.1, 0.15) is 12.8 Å². The lowest BCUT2D eigenvalue weighted by atomic mass is 10.2. The highest BCUT2D eigenvalue weighted by atomic mass is 16.1. The van der Waals surface area contributed by atoms with Gasteiger partial charge in [0, 0.05) is 17.8 Å². The number of benzene rings is 2. The number of para-hydroxylation sites is 1. The number of aromatic nitrogens is 3. The number of hydrogen-bond donors (Lipinski definition) is 1. The molecule has 3 heterocycles. The van der Waals surface area contributed by atoms with Crippen LogP contribution < -0.4 is 16.1 Å². The second-order valence-electron chi connectivity index (χ2n) is 6.50. The minimum Gasteiger partial charge on any atom is -0.388 e. The van der Waals surface area contributed by atoms with E-state index in [1.807, 2.05) is 71.4 Å². The summed E-state index contributed by atoms with van der Waals surface area (Å²) in [6, 6.07) is 19.8. The van der Waals surface area contributed by atoms with Gasteiger partial charge >= 0.3 is 0 Å². The quantitative estimate of drug-likeness (QED) is 0.608. The highest BCUT2D eigenvalue weighted by molar-refractivity contribution is 5.65. The Labute approximate surface area is 150 Å². The van der Waals surface area contributed by atoms with Gasteiger partial charge in [-0.25, -0.2) is 14.2 Å². The smallest absolute Gasteiger partial charge is 0.283 e. The van der Waals surface area contributed by atoms with E-state index < -0.39 is 0 Å². The highest BCUT2D eigenvalue weighted by Gasteiger charge is 2.19. The number of nitrogens with zero attached hydrogens (tertiary/aromatic N) is 3. The van der Waals surface area contributed by atoms with Gasteiger partial charge in [0.1, 0.15) is 5.22 Å². The molecule has 0 bridgehead atoms. The molecule has 5 heteroatoms. The topological polar surface area (TPSA) is 51.3 Å². The first-order valence-electron chi connectivity index (χ1n) is 8.85. The maximum Gasteiger partial charge on any atom is 0.283 e. The lowest BCUT2D eigenvalue weighted by Gasteiger charge is -2.03. The van der Waals surface area contributed by atoms with Crippen molar-refractivity contribution in [3.63, 3.8) is 0 Å². The van der Waals surface area contributed by atoms with Crippen LogP contribution in [0.25, 0.3) is 28.3 Å². The van der Waals surface area contributed by atoms with Crippen LogP contribution in [-0.4, -0.2) is 20.7 Å². The molecule has 1 N–H and O–H groups in total. The summed E-state index contributed by atoms with van der Waals surface area (Å²) in [5, 5.41) is 4.06. The molecule has 0 aliphatic carbocycles. The zero-order valence-corrected chi connectivity index (χ0v) is 14.2. The third-order valence-electron chi connectivity index (χ3n) is 4.85. The average Bonchev–Trinajstić information content (AvgIpc) is 3.39. The summed E-state index contributed by atoms with van der Waals surface area (Å²) in [7, 11) is 0. The van der Waals surface area contributed by atoms with Crippen LogP contribution in [0, 0.1) is 0 Å². The molecule has 0 spiro atoms. The van der Waals surface area contributed by atoms with Crippen molar-refractivity contribution < 1.29 is 0 Å². The second-order valence-corrected chi connectivity index (χ2v) is 6.50. The maximum atomic E-state index is 13.2. The van der Waals surface area contributed by atoms with Gasteiger partial charge in [-0.15, -0.1) is 0 Å². The third-order valence-corrected chi connectivity index (χ3v) is 4.85. The molecule has 0 saturated carbocycles. The molecule has 128 valence electrons. The Hall–Kier alpha value is -3.34. The molecule has 1 fully saturated rings. The van der Waals surface area contributed by atoms with Gasteiger partial charge in [0.15, 0.2) is 5.65 Å². The number of fused-ring (bicyclic) bond motifs is 1. The normalized spacial score (nSPS) is 16.2. The highest BCUT2D eigenvalue weighted by Crippen LogP contribution is 2.19. The molecule has 0 amide bonds. The zero-order chi connectivity index (χ0) is 17.5. The van der Waals surface area contributed by atoms with Crippen molar-refractivity contribution in [3.05, 3.63) is 82.4 Å². The second kappa shape index (κ2) is 5.88.